The molecule has 31 heavy (non-hydrogen) atoms. The maximum absolute atomic E-state index is 13.3. The van der Waals surface area contributed by atoms with Gasteiger partial charge in [-0.1, -0.05) is 0 Å². The zero-order valence-corrected chi connectivity index (χ0v) is 18.9. The van der Waals surface area contributed by atoms with E-state index in [1.54, 1.807) is 38.8 Å². The van der Waals surface area contributed by atoms with Crippen LogP contribution in [0.4, 0.5) is 0 Å². The van der Waals surface area contributed by atoms with Gasteiger partial charge >= 0.3 is 5.69 Å². The Balaban J connectivity index is 1.92. The van der Waals surface area contributed by atoms with E-state index < -0.39 is 0 Å². The van der Waals surface area contributed by atoms with E-state index >= 15 is 0 Å². The summed E-state index contributed by atoms with van der Waals surface area (Å²) in [7, 11) is 3.69. The predicted molar refractivity (Wildman–Crippen MR) is 124 cm³/mol. The third-order valence-electron chi connectivity index (χ3n) is 5.71. The van der Waals surface area contributed by atoms with Crippen molar-refractivity contribution in [3.05, 3.63) is 53.1 Å². The quantitative estimate of drug-likeness (QED) is 0.405. The maximum atomic E-state index is 13.3. The molecule has 4 heterocycles. The fourth-order valence-electron chi connectivity index (χ4n) is 4.09. The van der Waals surface area contributed by atoms with Gasteiger partial charge in [-0.05, 0) is 37.8 Å². The number of fused-ring (bicyclic) bond motifs is 3. The molecule has 158 valence electrons. The van der Waals surface area contributed by atoms with Crippen LogP contribution in [0.15, 0.2) is 46.6 Å². The van der Waals surface area contributed by atoms with Gasteiger partial charge in [0.25, 0.3) is 0 Å². The van der Waals surface area contributed by atoms with Crippen molar-refractivity contribution in [2.24, 2.45) is 14.1 Å². The third kappa shape index (κ3) is 2.91. The highest BCUT2D eigenvalue weighted by atomic mass is 32.2. The molecule has 0 aliphatic rings. The molecular formula is C22H23N7OS. The van der Waals surface area contributed by atoms with Gasteiger partial charge in [0.1, 0.15) is 0 Å². The zero-order valence-electron chi connectivity index (χ0n) is 18.1. The Morgan fingerprint density at radius 2 is 1.94 bits per heavy atom. The van der Waals surface area contributed by atoms with Crippen molar-refractivity contribution in [1.29, 1.82) is 0 Å². The molecule has 0 saturated carbocycles. The van der Waals surface area contributed by atoms with E-state index in [0.717, 1.165) is 55.9 Å². The molecule has 0 amide bonds. The smallest absolute Gasteiger partial charge is 0.293 e. The first-order valence-corrected chi connectivity index (χ1v) is 11.3. The summed E-state index contributed by atoms with van der Waals surface area (Å²) in [5.41, 5.74) is 6.08. The van der Waals surface area contributed by atoms with Crippen LogP contribution in [0, 0.1) is 6.92 Å². The fraction of sp³-hybridized carbons (Fsp3) is 0.273. The molecule has 0 fully saturated rings. The van der Waals surface area contributed by atoms with Crippen molar-refractivity contribution < 1.29 is 0 Å². The van der Waals surface area contributed by atoms with Gasteiger partial charge in [-0.15, -0.1) is 11.8 Å². The normalized spacial score (nSPS) is 11.8. The van der Waals surface area contributed by atoms with Crippen molar-refractivity contribution in [2.75, 3.05) is 6.26 Å². The molecule has 9 heteroatoms. The summed E-state index contributed by atoms with van der Waals surface area (Å²) < 4.78 is 7.06. The largest absolute Gasteiger partial charge is 0.333 e. The first kappa shape index (κ1) is 19.6. The molecule has 5 rings (SSSR count). The van der Waals surface area contributed by atoms with Crippen LogP contribution < -0.4 is 5.69 Å². The number of hydrogen-bond acceptors (Lipinski definition) is 5. The average Bonchev–Trinajstić information content (AvgIpc) is 3.43. The van der Waals surface area contributed by atoms with Crippen LogP contribution in [-0.2, 0) is 20.6 Å². The Labute approximate surface area is 183 Å². The summed E-state index contributed by atoms with van der Waals surface area (Å²) in [6.07, 6.45) is 9.63. The molecule has 0 atom stereocenters. The molecule has 8 nitrogen and oxygen atoms in total. The van der Waals surface area contributed by atoms with Crippen LogP contribution in [0.5, 0.6) is 0 Å². The van der Waals surface area contributed by atoms with Crippen LogP contribution in [0.2, 0.25) is 0 Å². The molecule has 4 aromatic heterocycles. The van der Waals surface area contributed by atoms with Crippen LogP contribution in [-0.4, -0.2) is 39.9 Å². The van der Waals surface area contributed by atoms with Crippen LogP contribution in [0.3, 0.4) is 0 Å². The second kappa shape index (κ2) is 7.12. The summed E-state index contributed by atoms with van der Waals surface area (Å²) in [5.74, 6) is 0. The van der Waals surface area contributed by atoms with E-state index in [9.17, 15) is 4.79 Å². The van der Waals surface area contributed by atoms with Gasteiger partial charge in [0.05, 0.1) is 40.3 Å². The molecule has 0 unspecified atom stereocenters. The summed E-state index contributed by atoms with van der Waals surface area (Å²) in [6.45, 7) is 4.71. The lowest BCUT2D eigenvalue weighted by atomic mass is 10.1. The summed E-state index contributed by atoms with van der Waals surface area (Å²) in [6, 6.07) is 4.22. The molecule has 0 aliphatic carbocycles. The van der Waals surface area contributed by atoms with E-state index in [-0.39, 0.29) is 5.69 Å². The van der Waals surface area contributed by atoms with Gasteiger partial charge in [0, 0.05) is 48.9 Å². The van der Waals surface area contributed by atoms with Crippen molar-refractivity contribution in [1.82, 2.24) is 33.7 Å². The molecule has 0 aliphatic heterocycles. The predicted octanol–water partition coefficient (Wildman–Crippen LogP) is 3.52. The summed E-state index contributed by atoms with van der Waals surface area (Å²) in [5, 5.41) is 9.82. The monoisotopic (exact) mass is 433 g/mol. The van der Waals surface area contributed by atoms with Gasteiger partial charge in [-0.3, -0.25) is 23.5 Å². The molecule has 5 aromatic rings. The number of aromatic nitrogens is 7. The Morgan fingerprint density at radius 3 is 2.58 bits per heavy atom. The van der Waals surface area contributed by atoms with Gasteiger partial charge < -0.3 is 0 Å². The highest BCUT2D eigenvalue weighted by Gasteiger charge is 2.20. The van der Waals surface area contributed by atoms with E-state index in [4.69, 9.17) is 0 Å². The Hall–Kier alpha value is -3.33. The number of hydrogen-bond donors (Lipinski definition) is 0. The van der Waals surface area contributed by atoms with Gasteiger partial charge in [0.2, 0.25) is 0 Å². The first-order valence-electron chi connectivity index (χ1n) is 10.0. The second-order valence-corrected chi connectivity index (χ2v) is 8.44. The van der Waals surface area contributed by atoms with Gasteiger partial charge in [0.15, 0.2) is 0 Å². The highest BCUT2D eigenvalue weighted by molar-refractivity contribution is 7.98. The Bertz CT molecular complexity index is 1520. The van der Waals surface area contributed by atoms with E-state index in [1.807, 2.05) is 44.2 Å². The third-order valence-corrected chi connectivity index (χ3v) is 6.48. The number of nitrogens with zero attached hydrogens (tertiary/aromatic N) is 7. The lowest BCUT2D eigenvalue weighted by Gasteiger charge is -2.10. The minimum atomic E-state index is -0.111. The lowest BCUT2D eigenvalue weighted by Crippen LogP contribution is -2.21. The molecule has 0 saturated heterocycles. The number of rotatable bonds is 4. The number of imidazole rings is 1. The minimum absolute atomic E-state index is 0.111. The lowest BCUT2D eigenvalue weighted by molar-refractivity contribution is 0.653. The summed E-state index contributed by atoms with van der Waals surface area (Å²) >= 11 is 1.67. The number of thioether (sulfide) groups is 1. The zero-order chi connectivity index (χ0) is 21.9. The molecule has 0 radical (unpaired) electrons. The number of pyridine rings is 1. The van der Waals surface area contributed by atoms with Gasteiger partial charge in [-0.2, -0.15) is 10.2 Å². The second-order valence-electron chi connectivity index (χ2n) is 7.60. The maximum Gasteiger partial charge on any atom is 0.333 e. The number of benzene rings is 1. The standard InChI is InChI=1S/C22H23N7OS/c1-6-28-12-19(13(2)25-28)29-21-16-7-15(14-9-24-26(3)11-14)20(31-5)8-17(16)23-10-18(21)27(4)22(29)30/h7-12H,6H2,1-5H3. The molecule has 0 spiro atoms. The van der Waals surface area contributed by atoms with E-state index in [1.165, 1.54) is 0 Å². The Kier molecular flexibility index (Phi) is 4.51. The average molecular weight is 434 g/mol. The Morgan fingerprint density at radius 1 is 1.13 bits per heavy atom. The van der Waals surface area contributed by atoms with Crippen molar-refractivity contribution in [3.63, 3.8) is 0 Å². The molecular weight excluding hydrogens is 410 g/mol. The van der Waals surface area contributed by atoms with Crippen LogP contribution >= 0.6 is 11.8 Å². The minimum Gasteiger partial charge on any atom is -0.293 e. The van der Waals surface area contributed by atoms with Crippen molar-refractivity contribution >= 4 is 33.7 Å². The van der Waals surface area contributed by atoms with Crippen molar-refractivity contribution in [3.8, 4) is 16.8 Å². The molecule has 1 aromatic carbocycles. The molecule has 0 bridgehead atoms. The summed E-state index contributed by atoms with van der Waals surface area (Å²) in [4.78, 5) is 19.1. The van der Waals surface area contributed by atoms with E-state index in [0.29, 0.717) is 0 Å². The fourth-order valence-corrected chi connectivity index (χ4v) is 4.72. The SMILES string of the molecule is CCn1cc(-n2c(=O)n(C)c3cnc4cc(SC)c(-c5cnn(C)c5)cc4c32)c(C)n1. The van der Waals surface area contributed by atoms with E-state index in [2.05, 4.69) is 33.6 Å². The van der Waals surface area contributed by atoms with Gasteiger partial charge in [-0.25, -0.2) is 4.79 Å². The van der Waals surface area contributed by atoms with Crippen molar-refractivity contribution in [2.45, 2.75) is 25.3 Å². The molecule has 0 N–H and O–H groups in total. The van der Waals surface area contributed by atoms with Crippen LogP contribution in [0.25, 0.3) is 38.8 Å². The number of aryl methyl sites for hydroxylation is 4. The highest BCUT2D eigenvalue weighted by Crippen LogP contribution is 2.36. The first-order chi connectivity index (χ1) is 14.9. The van der Waals surface area contributed by atoms with Crippen LogP contribution in [0.1, 0.15) is 12.6 Å². The topological polar surface area (TPSA) is 75.5 Å².